The van der Waals surface area contributed by atoms with Crippen molar-refractivity contribution in [2.24, 2.45) is 11.7 Å². The summed E-state index contributed by atoms with van der Waals surface area (Å²) >= 11 is 0. The van der Waals surface area contributed by atoms with Crippen molar-refractivity contribution in [1.29, 1.82) is 0 Å². The number of nitrogens with two attached hydrogens (primary N) is 1. The van der Waals surface area contributed by atoms with E-state index in [0.717, 1.165) is 6.42 Å². The summed E-state index contributed by atoms with van der Waals surface area (Å²) in [5.74, 6) is 0.231. The summed E-state index contributed by atoms with van der Waals surface area (Å²) in [5, 5.41) is 2.75. The minimum Gasteiger partial charge on any atom is -0.375 e. The quantitative estimate of drug-likeness (QED) is 0.605. The summed E-state index contributed by atoms with van der Waals surface area (Å²) in [4.78, 5) is 11.4. The van der Waals surface area contributed by atoms with E-state index in [0.29, 0.717) is 12.5 Å². The number of alkyl halides is 2. The molecule has 1 unspecified atom stereocenters. The van der Waals surface area contributed by atoms with Crippen LogP contribution in [0.15, 0.2) is 0 Å². The smallest absolute Gasteiger partial charge is 0.261 e. The Kier molecular flexibility index (Phi) is 8.89. The summed E-state index contributed by atoms with van der Waals surface area (Å²) in [6.07, 6.45) is -1.60. The topological polar surface area (TPSA) is 64.3 Å². The van der Waals surface area contributed by atoms with Crippen LogP contribution in [0.4, 0.5) is 8.78 Å². The normalized spacial score (nSPS) is 13.1. The minimum absolute atomic E-state index is 0.00907. The molecule has 0 saturated heterocycles. The second-order valence-electron chi connectivity index (χ2n) is 4.35. The van der Waals surface area contributed by atoms with Gasteiger partial charge in [0.25, 0.3) is 6.43 Å². The van der Waals surface area contributed by atoms with E-state index in [-0.39, 0.29) is 25.0 Å². The fraction of sp³-hybridized carbons (Fsp3) is 0.909. The Balaban J connectivity index is 3.68. The van der Waals surface area contributed by atoms with E-state index in [1.54, 1.807) is 0 Å². The molecule has 0 aromatic heterocycles. The molecule has 0 aliphatic carbocycles. The molecule has 1 amide bonds. The van der Waals surface area contributed by atoms with Crippen LogP contribution in [-0.4, -0.2) is 38.1 Å². The van der Waals surface area contributed by atoms with E-state index >= 15 is 0 Å². The van der Waals surface area contributed by atoms with Crippen LogP contribution in [0.1, 0.15) is 26.7 Å². The summed E-state index contributed by atoms with van der Waals surface area (Å²) in [6, 6.07) is -0.0578. The largest absolute Gasteiger partial charge is 0.375 e. The van der Waals surface area contributed by atoms with Crippen LogP contribution < -0.4 is 11.1 Å². The average molecular weight is 252 g/mol. The van der Waals surface area contributed by atoms with Crippen LogP contribution in [0.2, 0.25) is 0 Å². The Bertz CT molecular complexity index is 214. The molecule has 0 saturated carbocycles. The highest BCUT2D eigenvalue weighted by atomic mass is 19.3. The summed E-state index contributed by atoms with van der Waals surface area (Å²) in [6.45, 7) is 3.84. The molecule has 0 heterocycles. The van der Waals surface area contributed by atoms with E-state index in [4.69, 9.17) is 5.73 Å². The fourth-order valence-electron chi connectivity index (χ4n) is 1.42. The van der Waals surface area contributed by atoms with Crippen LogP contribution in [-0.2, 0) is 9.53 Å². The molecule has 0 aliphatic heterocycles. The molecule has 3 N–H and O–H groups in total. The van der Waals surface area contributed by atoms with E-state index in [9.17, 15) is 13.6 Å². The van der Waals surface area contributed by atoms with Crippen molar-refractivity contribution >= 4 is 5.91 Å². The van der Waals surface area contributed by atoms with Gasteiger partial charge in [0.1, 0.15) is 6.61 Å². The first kappa shape index (κ1) is 16.2. The van der Waals surface area contributed by atoms with Crippen molar-refractivity contribution in [3.63, 3.8) is 0 Å². The van der Waals surface area contributed by atoms with Gasteiger partial charge in [-0.15, -0.1) is 0 Å². The van der Waals surface area contributed by atoms with Crippen LogP contribution in [0, 0.1) is 5.92 Å². The molecular weight excluding hydrogens is 230 g/mol. The maximum absolute atomic E-state index is 11.7. The van der Waals surface area contributed by atoms with Gasteiger partial charge in [0, 0.05) is 19.0 Å². The lowest BCUT2D eigenvalue weighted by atomic mass is 10.0. The molecule has 0 aromatic rings. The number of hydrogen-bond acceptors (Lipinski definition) is 3. The number of ether oxygens (including phenoxy) is 1. The molecule has 6 heteroatoms. The number of rotatable bonds is 9. The van der Waals surface area contributed by atoms with Crippen LogP contribution in [0.3, 0.4) is 0 Å². The van der Waals surface area contributed by atoms with Crippen molar-refractivity contribution in [3.8, 4) is 0 Å². The number of carbonyl (C=O) groups excluding carboxylic acids is 1. The molecule has 0 fully saturated rings. The maximum atomic E-state index is 11.7. The fourth-order valence-corrected chi connectivity index (χ4v) is 1.42. The standard InChI is InChI=1S/C11H22F2N2O2/c1-8(2)5-9(6-14)15-11(16)3-4-17-7-10(12)13/h8-10H,3-7,14H2,1-2H3,(H,15,16). The average Bonchev–Trinajstić information content (AvgIpc) is 2.22. The van der Waals surface area contributed by atoms with Crippen molar-refractivity contribution in [2.45, 2.75) is 39.2 Å². The zero-order valence-corrected chi connectivity index (χ0v) is 10.4. The van der Waals surface area contributed by atoms with E-state index in [1.165, 1.54) is 0 Å². The van der Waals surface area contributed by atoms with Gasteiger partial charge >= 0.3 is 0 Å². The monoisotopic (exact) mass is 252 g/mol. The maximum Gasteiger partial charge on any atom is 0.261 e. The van der Waals surface area contributed by atoms with Gasteiger partial charge in [-0.1, -0.05) is 13.8 Å². The van der Waals surface area contributed by atoms with Gasteiger partial charge in [-0.25, -0.2) is 8.78 Å². The molecule has 17 heavy (non-hydrogen) atoms. The Morgan fingerprint density at radius 2 is 2.06 bits per heavy atom. The molecule has 4 nitrogen and oxygen atoms in total. The second-order valence-corrected chi connectivity index (χ2v) is 4.35. The van der Waals surface area contributed by atoms with E-state index < -0.39 is 13.0 Å². The second kappa shape index (κ2) is 9.30. The van der Waals surface area contributed by atoms with Gasteiger partial charge in [0.05, 0.1) is 6.61 Å². The number of nitrogens with one attached hydrogen (secondary N) is 1. The van der Waals surface area contributed by atoms with Crippen molar-refractivity contribution < 1.29 is 18.3 Å². The Morgan fingerprint density at radius 3 is 2.53 bits per heavy atom. The van der Waals surface area contributed by atoms with Crippen molar-refractivity contribution in [3.05, 3.63) is 0 Å². The predicted molar refractivity (Wildman–Crippen MR) is 61.9 cm³/mol. The zero-order valence-electron chi connectivity index (χ0n) is 10.4. The van der Waals surface area contributed by atoms with E-state index in [2.05, 4.69) is 10.1 Å². The van der Waals surface area contributed by atoms with Crippen LogP contribution in [0.25, 0.3) is 0 Å². The Labute approximate surface area is 101 Å². The number of halogens is 2. The number of carbonyl (C=O) groups is 1. The highest BCUT2D eigenvalue weighted by Crippen LogP contribution is 2.03. The van der Waals surface area contributed by atoms with Crippen LogP contribution >= 0.6 is 0 Å². The Hall–Kier alpha value is -0.750. The van der Waals surface area contributed by atoms with Gasteiger partial charge in [-0.05, 0) is 12.3 Å². The molecule has 0 bridgehead atoms. The molecule has 0 aliphatic rings. The summed E-state index contributed by atoms with van der Waals surface area (Å²) in [7, 11) is 0. The lowest BCUT2D eigenvalue weighted by Gasteiger charge is -2.18. The third-order valence-electron chi connectivity index (χ3n) is 2.12. The molecule has 0 radical (unpaired) electrons. The van der Waals surface area contributed by atoms with Gasteiger partial charge in [0.2, 0.25) is 5.91 Å². The first-order chi connectivity index (χ1) is 7.95. The molecule has 0 aromatic carbocycles. The first-order valence-electron chi connectivity index (χ1n) is 5.81. The molecule has 1 atom stereocenters. The van der Waals surface area contributed by atoms with Gasteiger partial charge in [-0.2, -0.15) is 0 Å². The highest BCUT2D eigenvalue weighted by Gasteiger charge is 2.12. The number of hydrogen-bond donors (Lipinski definition) is 2. The zero-order chi connectivity index (χ0) is 13.3. The van der Waals surface area contributed by atoms with Crippen molar-refractivity contribution in [2.75, 3.05) is 19.8 Å². The van der Waals surface area contributed by atoms with E-state index in [1.807, 2.05) is 13.8 Å². The number of amides is 1. The lowest BCUT2D eigenvalue weighted by molar-refractivity contribution is -0.123. The van der Waals surface area contributed by atoms with Gasteiger partial charge in [-0.3, -0.25) is 4.79 Å². The van der Waals surface area contributed by atoms with Gasteiger partial charge < -0.3 is 15.8 Å². The third-order valence-corrected chi connectivity index (χ3v) is 2.12. The SMILES string of the molecule is CC(C)CC(CN)NC(=O)CCOCC(F)F. The summed E-state index contributed by atoms with van der Waals surface area (Å²) < 4.78 is 28.1. The van der Waals surface area contributed by atoms with Gasteiger partial charge in [0.15, 0.2) is 0 Å². The molecule has 0 spiro atoms. The van der Waals surface area contributed by atoms with Crippen LogP contribution in [0.5, 0.6) is 0 Å². The van der Waals surface area contributed by atoms with Crippen molar-refractivity contribution in [1.82, 2.24) is 5.32 Å². The first-order valence-corrected chi connectivity index (χ1v) is 5.81. The lowest BCUT2D eigenvalue weighted by Crippen LogP contribution is -2.41. The highest BCUT2D eigenvalue weighted by molar-refractivity contribution is 5.76. The molecular formula is C11H22F2N2O2. The molecule has 0 rings (SSSR count). The predicted octanol–water partition coefficient (Wildman–Crippen LogP) is 1.15. The minimum atomic E-state index is -2.49. The summed E-state index contributed by atoms with van der Waals surface area (Å²) in [5.41, 5.74) is 5.52. The molecule has 102 valence electrons. The Morgan fingerprint density at radius 1 is 1.41 bits per heavy atom. The third kappa shape index (κ3) is 10.1.